The maximum absolute atomic E-state index is 13.4. The lowest BCUT2D eigenvalue weighted by molar-refractivity contribution is -0.123. The number of hydrogen-bond donors (Lipinski definition) is 6. The van der Waals surface area contributed by atoms with Crippen LogP contribution in [0.3, 0.4) is 0 Å². The van der Waals surface area contributed by atoms with Crippen molar-refractivity contribution in [3.8, 4) is 0 Å². The first-order valence-electron chi connectivity index (χ1n) is 14.2. The molecule has 10 heteroatoms. The Hall–Kier alpha value is -4.80. The lowest BCUT2D eigenvalue weighted by Crippen LogP contribution is -2.46. The Labute approximate surface area is 244 Å². The molecule has 2 amide bonds. The number of benzene rings is 3. The van der Waals surface area contributed by atoms with Crippen LogP contribution in [0.5, 0.6) is 0 Å². The zero-order valence-corrected chi connectivity index (χ0v) is 23.4. The molecular weight excluding hydrogens is 528 g/mol. The number of nitrogens with zero attached hydrogens (tertiary/aromatic N) is 2. The molecule has 42 heavy (non-hydrogen) atoms. The Morgan fingerprint density at radius 3 is 2.21 bits per heavy atom. The summed E-state index contributed by atoms with van der Waals surface area (Å²) in [7, 11) is 0. The summed E-state index contributed by atoms with van der Waals surface area (Å²) in [4.78, 5) is 41.1. The second-order valence-electron chi connectivity index (χ2n) is 10.1. The normalized spacial score (nSPS) is 11.8. The average Bonchev–Trinajstić information content (AvgIpc) is 3.74. The third-order valence-electron chi connectivity index (χ3n) is 7.04. The number of nitrogens with one attached hydrogen (secondary N) is 6. The highest BCUT2D eigenvalue weighted by molar-refractivity contribution is 5.97. The predicted molar refractivity (Wildman–Crippen MR) is 162 cm³/mol. The number of carbonyl (C=O) groups excluding carboxylic acids is 2. The average molecular weight is 565 g/mol. The molecule has 6 N–H and O–H groups in total. The monoisotopic (exact) mass is 564 g/mol. The fraction of sp³-hybridized carbons (Fsp3) is 0.250. The highest BCUT2D eigenvalue weighted by Gasteiger charge is 2.21. The van der Waals surface area contributed by atoms with Gasteiger partial charge in [0.25, 0.3) is 5.91 Å². The summed E-state index contributed by atoms with van der Waals surface area (Å²) in [6.45, 7) is 2.94. The van der Waals surface area contributed by atoms with Gasteiger partial charge in [0.15, 0.2) is 0 Å². The molecule has 0 aliphatic carbocycles. The quantitative estimate of drug-likeness (QED) is 0.108. The molecule has 1 atom stereocenters. The number of H-pyrrole nitrogens is 2. The molecule has 0 unspecified atom stereocenters. The zero-order valence-electron chi connectivity index (χ0n) is 23.4. The molecule has 216 valence electrons. The summed E-state index contributed by atoms with van der Waals surface area (Å²) < 4.78 is 0. The van der Waals surface area contributed by atoms with Crippen LogP contribution >= 0.6 is 0 Å². The number of rotatable bonds is 15. The van der Waals surface area contributed by atoms with E-state index in [1.165, 1.54) is 0 Å². The summed E-state index contributed by atoms with van der Waals surface area (Å²) in [6.07, 6.45) is 8.21. The van der Waals surface area contributed by atoms with E-state index in [1.807, 2.05) is 36.4 Å². The van der Waals surface area contributed by atoms with Crippen LogP contribution in [0.25, 0.3) is 10.8 Å². The van der Waals surface area contributed by atoms with E-state index in [9.17, 15) is 9.59 Å². The molecule has 2 aromatic heterocycles. The second-order valence-corrected chi connectivity index (χ2v) is 10.1. The van der Waals surface area contributed by atoms with Gasteiger partial charge in [-0.25, -0.2) is 9.97 Å². The standard InChI is InChI=1S/C32H36N8O2/c41-31(25-12-10-23(11-13-25)19-34-22-30-37-17-18-38-30)40-28(9-4-14-33-21-29-35-15-16-36-29)32(42)39-20-26-7-3-6-24-5-1-2-8-27(24)26/h1-3,5-8,10-13,15-18,28,33-34H,4,9,14,19-22H2,(H,35,36)(H,37,38)(H,39,42)(H,40,41)/t28-/m0/s1. The fourth-order valence-electron chi connectivity index (χ4n) is 4.79. The van der Waals surface area contributed by atoms with E-state index < -0.39 is 6.04 Å². The molecular formula is C32H36N8O2. The Bertz CT molecular complexity index is 1540. The van der Waals surface area contributed by atoms with Gasteiger partial charge in [-0.15, -0.1) is 0 Å². The highest BCUT2D eigenvalue weighted by atomic mass is 16.2. The summed E-state index contributed by atoms with van der Waals surface area (Å²) in [5.41, 5.74) is 2.58. The number of carbonyl (C=O) groups is 2. The van der Waals surface area contributed by atoms with E-state index in [2.05, 4.69) is 59.4 Å². The Morgan fingerprint density at radius 1 is 0.762 bits per heavy atom. The molecule has 0 bridgehead atoms. The number of aromatic nitrogens is 4. The molecule has 0 saturated carbocycles. The van der Waals surface area contributed by atoms with Crippen LogP contribution < -0.4 is 21.3 Å². The molecule has 0 radical (unpaired) electrons. The van der Waals surface area contributed by atoms with Crippen molar-refractivity contribution >= 4 is 22.6 Å². The number of imidazole rings is 2. The van der Waals surface area contributed by atoms with E-state index in [-0.39, 0.29) is 11.8 Å². The molecule has 0 fully saturated rings. The van der Waals surface area contributed by atoms with Crippen molar-refractivity contribution in [2.24, 2.45) is 0 Å². The highest BCUT2D eigenvalue weighted by Crippen LogP contribution is 2.18. The van der Waals surface area contributed by atoms with E-state index in [4.69, 9.17) is 0 Å². The van der Waals surface area contributed by atoms with Gasteiger partial charge in [-0.2, -0.15) is 0 Å². The van der Waals surface area contributed by atoms with Crippen LogP contribution in [-0.2, 0) is 31.0 Å². The first-order valence-corrected chi connectivity index (χ1v) is 14.2. The minimum absolute atomic E-state index is 0.207. The molecule has 10 nitrogen and oxygen atoms in total. The van der Waals surface area contributed by atoms with Crippen molar-refractivity contribution in [3.05, 3.63) is 120 Å². The molecule has 0 saturated heterocycles. The number of hydrogen-bond acceptors (Lipinski definition) is 6. The third kappa shape index (κ3) is 8.12. The van der Waals surface area contributed by atoms with Gasteiger partial charge in [0, 0.05) is 43.4 Å². The summed E-state index contributed by atoms with van der Waals surface area (Å²) in [5.74, 6) is 1.24. The van der Waals surface area contributed by atoms with Gasteiger partial charge in [0.1, 0.15) is 17.7 Å². The number of aromatic amines is 2. The summed E-state index contributed by atoms with van der Waals surface area (Å²) in [6, 6.07) is 20.9. The van der Waals surface area contributed by atoms with Crippen molar-refractivity contribution in [1.29, 1.82) is 0 Å². The first kappa shape index (κ1) is 28.7. The van der Waals surface area contributed by atoms with Crippen LogP contribution in [0.1, 0.15) is 46.0 Å². The van der Waals surface area contributed by atoms with Gasteiger partial charge in [-0.1, -0.05) is 54.6 Å². The topological polar surface area (TPSA) is 140 Å². The molecule has 5 rings (SSSR count). The maximum Gasteiger partial charge on any atom is 0.251 e. The Balaban J connectivity index is 1.17. The van der Waals surface area contributed by atoms with E-state index >= 15 is 0 Å². The van der Waals surface area contributed by atoms with Crippen LogP contribution in [0.2, 0.25) is 0 Å². The molecule has 0 spiro atoms. The van der Waals surface area contributed by atoms with Crippen molar-refractivity contribution in [3.63, 3.8) is 0 Å². The third-order valence-corrected chi connectivity index (χ3v) is 7.04. The minimum Gasteiger partial charge on any atom is -0.350 e. The maximum atomic E-state index is 13.4. The van der Waals surface area contributed by atoms with Crippen molar-refractivity contribution in [2.45, 2.75) is 45.1 Å². The van der Waals surface area contributed by atoms with Gasteiger partial charge >= 0.3 is 0 Å². The first-order chi connectivity index (χ1) is 20.7. The summed E-state index contributed by atoms with van der Waals surface area (Å²) in [5, 5.41) is 14.9. The van der Waals surface area contributed by atoms with Gasteiger partial charge < -0.3 is 31.2 Å². The zero-order chi connectivity index (χ0) is 29.0. The Kier molecular flexibility index (Phi) is 10.1. The van der Waals surface area contributed by atoms with Gasteiger partial charge in [0.2, 0.25) is 5.91 Å². The fourth-order valence-corrected chi connectivity index (χ4v) is 4.79. The molecule has 2 heterocycles. The largest absolute Gasteiger partial charge is 0.350 e. The molecule has 3 aromatic carbocycles. The second kappa shape index (κ2) is 14.7. The van der Waals surface area contributed by atoms with Crippen molar-refractivity contribution in [1.82, 2.24) is 41.2 Å². The smallest absolute Gasteiger partial charge is 0.251 e. The van der Waals surface area contributed by atoms with Crippen LogP contribution in [0, 0.1) is 0 Å². The van der Waals surface area contributed by atoms with E-state index in [0.717, 1.165) is 33.5 Å². The van der Waals surface area contributed by atoms with Gasteiger partial charge in [0.05, 0.1) is 13.1 Å². The van der Waals surface area contributed by atoms with E-state index in [0.29, 0.717) is 51.1 Å². The molecule has 0 aliphatic heterocycles. The molecule has 0 aliphatic rings. The van der Waals surface area contributed by atoms with Crippen LogP contribution in [0.4, 0.5) is 0 Å². The Morgan fingerprint density at radius 2 is 1.48 bits per heavy atom. The minimum atomic E-state index is -0.674. The van der Waals surface area contributed by atoms with E-state index in [1.54, 1.807) is 36.9 Å². The van der Waals surface area contributed by atoms with Gasteiger partial charge in [-0.05, 0) is 53.4 Å². The number of amides is 2. The van der Waals surface area contributed by atoms with Crippen LogP contribution in [0.15, 0.2) is 91.5 Å². The molecule has 5 aromatic rings. The van der Waals surface area contributed by atoms with Gasteiger partial charge in [-0.3, -0.25) is 9.59 Å². The van der Waals surface area contributed by atoms with Crippen LogP contribution in [-0.4, -0.2) is 44.3 Å². The van der Waals surface area contributed by atoms with Crippen molar-refractivity contribution in [2.75, 3.05) is 6.54 Å². The SMILES string of the molecule is O=C(N[C@@H](CCCNCc1ncc[nH]1)C(=O)NCc1cccc2ccccc12)c1ccc(CNCc2ncc[nH]2)cc1. The van der Waals surface area contributed by atoms with Crippen molar-refractivity contribution < 1.29 is 9.59 Å². The lowest BCUT2D eigenvalue weighted by Gasteiger charge is -2.19. The summed E-state index contributed by atoms with van der Waals surface area (Å²) >= 11 is 0. The number of fused-ring (bicyclic) bond motifs is 1. The lowest BCUT2D eigenvalue weighted by atomic mass is 10.0. The predicted octanol–water partition coefficient (Wildman–Crippen LogP) is 3.56.